The molecule has 0 saturated carbocycles. The lowest BCUT2D eigenvalue weighted by atomic mass is 9.99. The summed E-state index contributed by atoms with van der Waals surface area (Å²) in [7, 11) is -5.12. The summed E-state index contributed by atoms with van der Waals surface area (Å²) < 4.78 is 47.2. The Labute approximate surface area is 324 Å². The Bertz CT molecular complexity index is 1180. The first kappa shape index (κ1) is 50.0. The smallest absolute Gasteiger partial charge is 0.394 e. The molecule has 0 aromatic carbocycles. The molecule has 1 rings (SSSR count). The minimum absolute atomic E-state index is 0.217. The molecule has 8 unspecified atom stereocenters. The Hall–Kier alpha value is -1.98. The molecule has 1 aliphatic rings. The maximum atomic E-state index is 13.0. The van der Waals surface area contributed by atoms with Crippen LogP contribution in [0, 0.1) is 0 Å². The monoisotopic (exact) mass is 789 g/mol. The number of carbonyl (C=O) groups excluding carboxylic acids is 1. The van der Waals surface area contributed by atoms with Crippen LogP contribution >= 0.6 is 0 Å². The highest BCUT2D eigenvalue weighted by atomic mass is 32.3. The van der Waals surface area contributed by atoms with E-state index >= 15 is 0 Å². The van der Waals surface area contributed by atoms with Crippen LogP contribution in [0.2, 0.25) is 0 Å². The van der Waals surface area contributed by atoms with Gasteiger partial charge in [0.25, 0.3) is 0 Å². The topological polar surface area (TPSA) is 212 Å². The fourth-order valence-electron chi connectivity index (χ4n) is 5.96. The number of nitrogens with one attached hydrogen (secondary N) is 1. The zero-order chi connectivity index (χ0) is 40.0. The second-order valence-corrected chi connectivity index (χ2v) is 15.0. The van der Waals surface area contributed by atoms with E-state index in [0.29, 0.717) is 12.8 Å². The number of allylic oxidation sites excluding steroid dienone is 7. The lowest BCUT2D eigenvalue weighted by Gasteiger charge is -2.41. The van der Waals surface area contributed by atoms with Crippen molar-refractivity contribution in [1.82, 2.24) is 5.32 Å². The molecule has 13 nitrogen and oxygen atoms in total. The molecule has 1 fully saturated rings. The lowest BCUT2D eigenvalue weighted by Crippen LogP contribution is -2.61. The Morgan fingerprint density at radius 3 is 1.87 bits per heavy atom. The highest BCUT2D eigenvalue weighted by Gasteiger charge is 2.48. The summed E-state index contributed by atoms with van der Waals surface area (Å²) in [6.07, 6.45) is 23.7. The van der Waals surface area contributed by atoms with Crippen molar-refractivity contribution in [2.24, 2.45) is 0 Å². The molecule has 1 amide bonds. The van der Waals surface area contributed by atoms with Gasteiger partial charge in [-0.25, -0.2) is 4.18 Å². The Kier molecular flexibility index (Phi) is 28.9. The van der Waals surface area contributed by atoms with Crippen LogP contribution in [0.1, 0.15) is 136 Å². The van der Waals surface area contributed by atoms with Gasteiger partial charge in [-0.3, -0.25) is 9.35 Å². The molecule has 0 aromatic rings. The van der Waals surface area contributed by atoms with E-state index in [0.717, 1.165) is 57.8 Å². The summed E-state index contributed by atoms with van der Waals surface area (Å²) in [5, 5.41) is 54.8. The number of carbonyl (C=O) groups is 1. The van der Waals surface area contributed by atoms with Gasteiger partial charge >= 0.3 is 10.4 Å². The number of hydrogen-bond acceptors (Lipinski definition) is 11. The van der Waals surface area contributed by atoms with Crippen molar-refractivity contribution in [2.45, 2.75) is 185 Å². The van der Waals surface area contributed by atoms with Crippen LogP contribution in [0.5, 0.6) is 0 Å². The van der Waals surface area contributed by atoms with Gasteiger partial charge in [0.15, 0.2) is 6.29 Å². The van der Waals surface area contributed by atoms with Crippen LogP contribution in [0.25, 0.3) is 0 Å². The van der Waals surface area contributed by atoms with Crippen molar-refractivity contribution in [2.75, 3.05) is 13.2 Å². The third kappa shape index (κ3) is 23.8. The van der Waals surface area contributed by atoms with Crippen molar-refractivity contribution in [3.05, 3.63) is 48.6 Å². The molecule has 7 N–H and O–H groups in total. The standard InChI is InChI=1S/C40H71NO12S/c1-3-5-7-9-11-13-15-16-17-18-19-21-23-25-27-29-34(44)39(47)41-32(33(43)28-26-24-22-20-14-12-10-8-6-4-2)31-51-40-37(46)38(53-54(48,49)50)36(45)35(30-42)52-40/h6,8,14,17-18,20,26,28,32-38,40,42-46H,3-5,7,9-13,15-16,19,21-25,27,29-31H2,1-2H3,(H,41,47)(H,48,49,50)/b8-6+,18-17-,20-14+,28-26+. The number of ether oxygens (including phenoxy) is 2. The van der Waals surface area contributed by atoms with Gasteiger partial charge in [0.2, 0.25) is 5.91 Å². The fourth-order valence-corrected chi connectivity index (χ4v) is 6.47. The van der Waals surface area contributed by atoms with E-state index in [9.17, 15) is 38.7 Å². The largest absolute Gasteiger partial charge is 0.397 e. The quantitative estimate of drug-likeness (QED) is 0.0255. The molecule has 0 radical (unpaired) electrons. The van der Waals surface area contributed by atoms with E-state index in [1.54, 1.807) is 6.08 Å². The van der Waals surface area contributed by atoms with Crippen molar-refractivity contribution in [3.63, 3.8) is 0 Å². The van der Waals surface area contributed by atoms with Gasteiger partial charge in [0.05, 0.1) is 25.4 Å². The summed E-state index contributed by atoms with van der Waals surface area (Å²) in [5.74, 6) is -0.731. The lowest BCUT2D eigenvalue weighted by molar-refractivity contribution is -0.298. The second-order valence-electron chi connectivity index (χ2n) is 14.0. The summed E-state index contributed by atoms with van der Waals surface area (Å²) >= 11 is 0. The zero-order valence-corrected chi connectivity index (χ0v) is 33.4. The SMILES string of the molecule is CC/C=C/CC/C=C/CC/C=C/C(O)C(COC1OC(CO)C(O)C(OS(=O)(=O)O)C1O)NC(=O)C(O)CCCCCC/C=C\CCCCCCCCC. The molecular weight excluding hydrogens is 719 g/mol. The van der Waals surface area contributed by atoms with E-state index in [2.05, 4.69) is 53.7 Å². The number of unbranched alkanes of at least 4 members (excludes halogenated alkanes) is 13. The van der Waals surface area contributed by atoms with Crippen molar-refractivity contribution in [1.29, 1.82) is 0 Å². The van der Waals surface area contributed by atoms with Gasteiger partial charge < -0.3 is 40.3 Å². The maximum absolute atomic E-state index is 13.0. The third-order valence-electron chi connectivity index (χ3n) is 9.18. The first-order valence-corrected chi connectivity index (χ1v) is 21.5. The number of aliphatic hydroxyl groups excluding tert-OH is 5. The van der Waals surface area contributed by atoms with Crippen LogP contribution in [-0.2, 0) is 28.9 Å². The van der Waals surface area contributed by atoms with Crippen molar-refractivity contribution in [3.8, 4) is 0 Å². The van der Waals surface area contributed by atoms with Crippen LogP contribution < -0.4 is 5.32 Å². The van der Waals surface area contributed by atoms with Crippen LogP contribution in [-0.4, -0.2) is 107 Å². The predicted molar refractivity (Wildman–Crippen MR) is 210 cm³/mol. The molecule has 0 spiro atoms. The molecule has 14 heteroatoms. The molecule has 0 bridgehead atoms. The van der Waals surface area contributed by atoms with Gasteiger partial charge in [-0.2, -0.15) is 8.42 Å². The van der Waals surface area contributed by atoms with E-state index in [4.69, 9.17) is 14.0 Å². The molecule has 314 valence electrons. The van der Waals surface area contributed by atoms with Gasteiger partial charge in [-0.1, -0.05) is 120 Å². The molecule has 8 atom stereocenters. The molecule has 1 aliphatic heterocycles. The first-order valence-electron chi connectivity index (χ1n) is 20.1. The number of amides is 1. The summed E-state index contributed by atoms with van der Waals surface area (Å²) in [6.45, 7) is 3.01. The zero-order valence-electron chi connectivity index (χ0n) is 32.6. The summed E-state index contributed by atoms with van der Waals surface area (Å²) in [6, 6.07) is -1.15. The Balaban J connectivity index is 2.68. The number of hydrogen-bond donors (Lipinski definition) is 7. The average Bonchev–Trinajstić information content (AvgIpc) is 3.14. The summed E-state index contributed by atoms with van der Waals surface area (Å²) in [5.41, 5.74) is 0. The van der Waals surface area contributed by atoms with Crippen molar-refractivity contribution >= 4 is 16.3 Å². The molecular formula is C40H71NO12S. The van der Waals surface area contributed by atoms with E-state index in [-0.39, 0.29) is 6.42 Å². The molecule has 54 heavy (non-hydrogen) atoms. The molecule has 0 aromatic heterocycles. The van der Waals surface area contributed by atoms with Crippen LogP contribution in [0.4, 0.5) is 0 Å². The number of aliphatic hydroxyl groups is 5. The van der Waals surface area contributed by atoms with Gasteiger partial charge in [-0.05, 0) is 64.2 Å². The van der Waals surface area contributed by atoms with Crippen LogP contribution in [0.15, 0.2) is 48.6 Å². The van der Waals surface area contributed by atoms with Gasteiger partial charge in [0, 0.05) is 0 Å². The molecule has 0 aliphatic carbocycles. The van der Waals surface area contributed by atoms with Gasteiger partial charge in [0.1, 0.15) is 30.5 Å². The second kappa shape index (κ2) is 31.1. The molecule has 1 heterocycles. The van der Waals surface area contributed by atoms with Gasteiger partial charge in [-0.15, -0.1) is 0 Å². The highest BCUT2D eigenvalue weighted by molar-refractivity contribution is 7.80. The summed E-state index contributed by atoms with van der Waals surface area (Å²) in [4.78, 5) is 13.0. The normalized spacial score (nSPS) is 22.9. The Morgan fingerprint density at radius 2 is 1.30 bits per heavy atom. The van der Waals surface area contributed by atoms with E-state index < -0.39 is 78.5 Å². The van der Waals surface area contributed by atoms with E-state index in [1.165, 1.54) is 51.0 Å². The third-order valence-corrected chi connectivity index (χ3v) is 9.64. The predicted octanol–water partition coefficient (Wildman–Crippen LogP) is 5.51. The minimum atomic E-state index is -5.12. The fraction of sp³-hybridized carbons (Fsp3) is 0.775. The van der Waals surface area contributed by atoms with Crippen molar-refractivity contribution < 1.29 is 57.0 Å². The Morgan fingerprint density at radius 1 is 0.759 bits per heavy atom. The highest BCUT2D eigenvalue weighted by Crippen LogP contribution is 2.26. The minimum Gasteiger partial charge on any atom is -0.394 e. The molecule has 1 saturated heterocycles. The van der Waals surface area contributed by atoms with Crippen LogP contribution in [0.3, 0.4) is 0 Å². The average molecular weight is 790 g/mol. The first-order chi connectivity index (χ1) is 25.9. The van der Waals surface area contributed by atoms with E-state index in [1.807, 2.05) is 6.08 Å². The number of rotatable bonds is 32. The maximum Gasteiger partial charge on any atom is 0.397 e.